The van der Waals surface area contributed by atoms with Crippen molar-refractivity contribution in [2.24, 2.45) is 5.84 Å². The van der Waals surface area contributed by atoms with E-state index >= 15 is 0 Å². The average Bonchev–Trinajstić information content (AvgIpc) is 2.42. The number of nitrogens with one attached hydrogen (secondary N) is 1. The van der Waals surface area contributed by atoms with Crippen LogP contribution in [-0.2, 0) is 0 Å². The van der Waals surface area contributed by atoms with Gasteiger partial charge in [0, 0.05) is 34.3 Å². The number of aliphatic hydroxyl groups excluding tert-OH is 1. The van der Waals surface area contributed by atoms with E-state index in [9.17, 15) is 0 Å². The van der Waals surface area contributed by atoms with Gasteiger partial charge in [0.2, 0.25) is 17.8 Å². The fourth-order valence-corrected chi connectivity index (χ4v) is 1.53. The second kappa shape index (κ2) is 7.70. The number of nitrogens with zero attached hydrogens (tertiary/aromatic N) is 5. The molecule has 0 saturated heterocycles. The Balaban J connectivity index is 2.72. The van der Waals surface area contributed by atoms with Crippen LogP contribution in [0.2, 0.25) is 0 Å². The van der Waals surface area contributed by atoms with Crippen LogP contribution in [0.4, 0.5) is 17.8 Å². The fourth-order valence-electron chi connectivity index (χ4n) is 1.53. The van der Waals surface area contributed by atoms with E-state index in [-0.39, 0.29) is 6.61 Å². The van der Waals surface area contributed by atoms with E-state index in [0.29, 0.717) is 17.8 Å². The summed E-state index contributed by atoms with van der Waals surface area (Å²) in [5.41, 5.74) is 2.45. The molecule has 1 heterocycles. The van der Waals surface area contributed by atoms with Crippen molar-refractivity contribution in [2.45, 2.75) is 19.3 Å². The second-order valence-corrected chi connectivity index (χ2v) is 4.50. The topological polar surface area (TPSA) is 103 Å². The van der Waals surface area contributed by atoms with Crippen LogP contribution in [0.25, 0.3) is 0 Å². The van der Waals surface area contributed by atoms with Crippen molar-refractivity contribution in [3.8, 4) is 0 Å². The third-order valence-electron chi connectivity index (χ3n) is 2.63. The predicted molar refractivity (Wildman–Crippen MR) is 76.2 cm³/mol. The summed E-state index contributed by atoms with van der Waals surface area (Å²) in [6.07, 6.45) is 2.78. The van der Waals surface area contributed by atoms with Crippen LogP contribution in [-0.4, -0.2) is 54.4 Å². The molecule has 8 nitrogen and oxygen atoms in total. The molecular formula is C11H23N7O. The predicted octanol–water partition coefficient (Wildman–Crippen LogP) is -0.178. The van der Waals surface area contributed by atoms with E-state index < -0.39 is 0 Å². The first kappa shape index (κ1) is 15.4. The summed E-state index contributed by atoms with van der Waals surface area (Å²) < 4.78 is 0. The van der Waals surface area contributed by atoms with Gasteiger partial charge in [0.05, 0.1) is 0 Å². The van der Waals surface area contributed by atoms with Gasteiger partial charge in [-0.15, -0.1) is 0 Å². The lowest BCUT2D eigenvalue weighted by atomic mass is 10.2. The zero-order valence-electron chi connectivity index (χ0n) is 11.8. The summed E-state index contributed by atoms with van der Waals surface area (Å²) in [5, 5.41) is 8.74. The molecule has 8 heteroatoms. The van der Waals surface area contributed by atoms with Crippen LogP contribution < -0.4 is 21.1 Å². The minimum atomic E-state index is 0.238. The third kappa shape index (κ3) is 4.84. The van der Waals surface area contributed by atoms with Crippen LogP contribution >= 0.6 is 0 Å². The quantitative estimate of drug-likeness (QED) is 0.339. The number of aliphatic hydroxyl groups is 1. The lowest BCUT2D eigenvalue weighted by Gasteiger charge is -2.19. The van der Waals surface area contributed by atoms with Crippen LogP contribution in [0.5, 0.6) is 0 Å². The van der Waals surface area contributed by atoms with Crippen LogP contribution in [0.15, 0.2) is 0 Å². The smallest absolute Gasteiger partial charge is 0.243 e. The van der Waals surface area contributed by atoms with Crippen LogP contribution in [0.1, 0.15) is 19.3 Å². The Kier molecular flexibility index (Phi) is 6.23. The first-order chi connectivity index (χ1) is 9.08. The van der Waals surface area contributed by atoms with Gasteiger partial charge >= 0.3 is 0 Å². The number of anilines is 3. The maximum atomic E-state index is 8.74. The average molecular weight is 269 g/mol. The molecule has 4 N–H and O–H groups in total. The summed E-state index contributed by atoms with van der Waals surface area (Å²) >= 11 is 0. The monoisotopic (exact) mass is 269 g/mol. The Morgan fingerprint density at radius 2 is 1.74 bits per heavy atom. The van der Waals surface area contributed by atoms with Gasteiger partial charge in [0.1, 0.15) is 0 Å². The van der Waals surface area contributed by atoms with Crippen molar-refractivity contribution >= 4 is 17.8 Å². The van der Waals surface area contributed by atoms with Crippen molar-refractivity contribution in [2.75, 3.05) is 49.5 Å². The molecule has 0 unspecified atom stereocenters. The number of hydrazine groups is 1. The maximum absolute atomic E-state index is 8.74. The molecule has 0 fully saturated rings. The van der Waals surface area contributed by atoms with Crippen molar-refractivity contribution in [1.82, 2.24) is 15.0 Å². The van der Waals surface area contributed by atoms with Gasteiger partial charge in [0.25, 0.3) is 0 Å². The molecular weight excluding hydrogens is 246 g/mol. The fraction of sp³-hybridized carbons (Fsp3) is 0.727. The highest BCUT2D eigenvalue weighted by Crippen LogP contribution is 2.14. The molecule has 0 aliphatic rings. The number of hydrogen-bond acceptors (Lipinski definition) is 8. The lowest BCUT2D eigenvalue weighted by Crippen LogP contribution is -2.25. The highest BCUT2D eigenvalue weighted by atomic mass is 16.2. The first-order valence-corrected chi connectivity index (χ1v) is 6.30. The molecule has 0 bridgehead atoms. The second-order valence-electron chi connectivity index (χ2n) is 4.50. The summed E-state index contributed by atoms with van der Waals surface area (Å²) in [5.74, 6) is 6.84. The Morgan fingerprint density at radius 1 is 1.05 bits per heavy atom. The van der Waals surface area contributed by atoms with E-state index in [4.69, 9.17) is 10.9 Å². The summed E-state index contributed by atoms with van der Waals surface area (Å²) in [6.45, 7) is 1.06. The number of nitrogen functional groups attached to an aromatic ring is 1. The molecule has 1 aromatic heterocycles. The Bertz CT molecular complexity index is 385. The van der Waals surface area contributed by atoms with Crippen molar-refractivity contribution < 1.29 is 5.11 Å². The Morgan fingerprint density at radius 3 is 2.32 bits per heavy atom. The zero-order chi connectivity index (χ0) is 14.3. The highest BCUT2D eigenvalue weighted by Gasteiger charge is 2.10. The molecule has 1 rings (SSSR count). The van der Waals surface area contributed by atoms with Crippen LogP contribution in [0, 0.1) is 0 Å². The third-order valence-corrected chi connectivity index (χ3v) is 2.63. The molecule has 0 atom stereocenters. The van der Waals surface area contributed by atoms with Gasteiger partial charge in [-0.2, -0.15) is 15.0 Å². The number of hydrogen-bond donors (Lipinski definition) is 3. The molecule has 1 aromatic rings. The van der Waals surface area contributed by atoms with E-state index in [1.54, 1.807) is 4.90 Å². The van der Waals surface area contributed by atoms with E-state index in [1.807, 2.05) is 26.0 Å². The molecule has 0 aromatic carbocycles. The van der Waals surface area contributed by atoms with Gasteiger partial charge in [0.15, 0.2) is 0 Å². The van der Waals surface area contributed by atoms with Crippen molar-refractivity contribution in [3.05, 3.63) is 0 Å². The van der Waals surface area contributed by atoms with E-state index in [0.717, 1.165) is 25.8 Å². The summed E-state index contributed by atoms with van der Waals surface area (Å²) in [7, 11) is 5.65. The van der Waals surface area contributed by atoms with Crippen LogP contribution in [0.3, 0.4) is 0 Å². The lowest BCUT2D eigenvalue weighted by molar-refractivity contribution is 0.283. The molecule has 19 heavy (non-hydrogen) atoms. The molecule has 0 aliphatic carbocycles. The van der Waals surface area contributed by atoms with Gasteiger partial charge in [-0.05, 0) is 19.3 Å². The molecule has 0 spiro atoms. The molecule has 0 radical (unpaired) electrons. The first-order valence-electron chi connectivity index (χ1n) is 6.30. The summed E-state index contributed by atoms with van der Waals surface area (Å²) in [4.78, 5) is 16.5. The van der Waals surface area contributed by atoms with E-state index in [2.05, 4.69) is 20.4 Å². The Labute approximate surface area is 113 Å². The number of unbranched alkanes of at least 4 members (excludes halogenated alkanes) is 2. The zero-order valence-corrected chi connectivity index (χ0v) is 11.8. The number of nitrogens with two attached hydrogens (primary N) is 1. The van der Waals surface area contributed by atoms with Crippen molar-refractivity contribution in [1.29, 1.82) is 0 Å². The normalized spacial score (nSPS) is 10.4. The Hall–Kier alpha value is -1.67. The van der Waals surface area contributed by atoms with Gasteiger partial charge in [-0.25, -0.2) is 5.84 Å². The van der Waals surface area contributed by atoms with Gasteiger partial charge in [-0.1, -0.05) is 0 Å². The molecule has 0 saturated carbocycles. The largest absolute Gasteiger partial charge is 0.396 e. The standard InChI is InChI=1S/C11H23N7O/c1-17(2)10-13-9(16-12)14-11(15-10)18(3)7-5-4-6-8-19/h19H,4-8,12H2,1-3H3,(H,13,14,15,16). The van der Waals surface area contributed by atoms with Gasteiger partial charge in [-0.3, -0.25) is 5.43 Å². The van der Waals surface area contributed by atoms with Gasteiger partial charge < -0.3 is 14.9 Å². The minimum Gasteiger partial charge on any atom is -0.396 e. The number of aromatic nitrogens is 3. The molecule has 0 amide bonds. The van der Waals surface area contributed by atoms with E-state index in [1.165, 1.54) is 0 Å². The van der Waals surface area contributed by atoms with Crippen molar-refractivity contribution in [3.63, 3.8) is 0 Å². The molecule has 0 aliphatic heterocycles. The highest BCUT2D eigenvalue weighted by molar-refractivity contribution is 5.43. The SMILES string of the molecule is CN(C)c1nc(NN)nc(N(C)CCCCCO)n1. The maximum Gasteiger partial charge on any atom is 0.243 e. The number of rotatable bonds is 8. The minimum absolute atomic E-state index is 0.238. The summed E-state index contributed by atoms with van der Waals surface area (Å²) in [6, 6.07) is 0. The molecule has 108 valence electrons.